The van der Waals surface area contributed by atoms with Gasteiger partial charge in [-0.25, -0.2) is 0 Å². The molecule has 4 heteroatoms. The molecule has 2 aromatic rings. The van der Waals surface area contributed by atoms with Crippen LogP contribution < -0.4 is 10.6 Å². The molecule has 2 N–H and O–H groups in total. The second-order valence-electron chi connectivity index (χ2n) is 5.86. The highest BCUT2D eigenvalue weighted by Gasteiger charge is 2.19. The van der Waals surface area contributed by atoms with Crippen LogP contribution in [0.5, 0.6) is 0 Å². The van der Waals surface area contributed by atoms with Gasteiger partial charge >= 0.3 is 0 Å². The summed E-state index contributed by atoms with van der Waals surface area (Å²) in [6.45, 7) is 4.42. The summed E-state index contributed by atoms with van der Waals surface area (Å²) in [6.07, 6.45) is 0.384. The lowest BCUT2D eigenvalue weighted by Crippen LogP contribution is -2.34. The first-order chi connectivity index (χ1) is 11.6. The van der Waals surface area contributed by atoms with Crippen LogP contribution in [0.15, 0.2) is 54.6 Å². The van der Waals surface area contributed by atoms with Crippen molar-refractivity contribution in [3.05, 3.63) is 71.3 Å². The fraction of sp³-hybridized carbons (Fsp3) is 0.300. The molecule has 24 heavy (non-hydrogen) atoms. The molecule has 0 heterocycles. The number of hydrogen-bond donors (Lipinski definition) is 2. The van der Waals surface area contributed by atoms with Gasteiger partial charge in [0.05, 0.1) is 0 Å². The largest absolute Gasteiger partial charge is 0.355 e. The number of aryl methyl sites for hydroxylation is 1. The standard InChI is InChI=1S/C20H24N2O2/c1-15-8-6-7-11-18(15)19(17-9-4-3-5-10-17)14-20(24)22-13-12-21-16(2)23/h3-11,19H,12-14H2,1-2H3,(H,21,23)(H,22,24). The molecular formula is C20H24N2O2. The first-order valence-corrected chi connectivity index (χ1v) is 8.19. The number of nitrogens with one attached hydrogen (secondary N) is 2. The number of benzene rings is 2. The van der Waals surface area contributed by atoms with Crippen LogP contribution in [0.1, 0.15) is 36.0 Å². The predicted octanol–water partition coefficient (Wildman–Crippen LogP) is 2.77. The van der Waals surface area contributed by atoms with Gasteiger partial charge in [-0.05, 0) is 23.6 Å². The smallest absolute Gasteiger partial charge is 0.221 e. The number of carbonyl (C=O) groups is 2. The molecular weight excluding hydrogens is 300 g/mol. The summed E-state index contributed by atoms with van der Waals surface area (Å²) in [5.41, 5.74) is 3.47. The Morgan fingerprint density at radius 2 is 1.54 bits per heavy atom. The summed E-state index contributed by atoms with van der Waals surface area (Å²) in [4.78, 5) is 23.2. The van der Waals surface area contributed by atoms with Gasteiger partial charge in [-0.3, -0.25) is 9.59 Å². The van der Waals surface area contributed by atoms with Crippen LogP contribution in [-0.2, 0) is 9.59 Å². The molecule has 0 saturated carbocycles. The van der Waals surface area contributed by atoms with Gasteiger partial charge in [0.15, 0.2) is 0 Å². The van der Waals surface area contributed by atoms with Crippen molar-refractivity contribution in [2.75, 3.05) is 13.1 Å². The minimum Gasteiger partial charge on any atom is -0.355 e. The van der Waals surface area contributed by atoms with Crippen LogP contribution in [-0.4, -0.2) is 24.9 Å². The Kier molecular flexibility index (Phi) is 6.55. The third kappa shape index (κ3) is 5.23. The van der Waals surface area contributed by atoms with E-state index in [4.69, 9.17) is 0 Å². The van der Waals surface area contributed by atoms with E-state index in [1.807, 2.05) is 30.3 Å². The van der Waals surface area contributed by atoms with Crippen molar-refractivity contribution in [1.82, 2.24) is 10.6 Å². The zero-order chi connectivity index (χ0) is 17.4. The van der Waals surface area contributed by atoms with Crippen molar-refractivity contribution in [2.24, 2.45) is 0 Å². The Morgan fingerprint density at radius 3 is 2.21 bits per heavy atom. The van der Waals surface area contributed by atoms with Crippen molar-refractivity contribution >= 4 is 11.8 Å². The molecule has 0 aliphatic carbocycles. The molecule has 0 spiro atoms. The van der Waals surface area contributed by atoms with Gasteiger partial charge < -0.3 is 10.6 Å². The zero-order valence-corrected chi connectivity index (χ0v) is 14.2. The van der Waals surface area contributed by atoms with Crippen molar-refractivity contribution in [1.29, 1.82) is 0 Å². The van der Waals surface area contributed by atoms with E-state index >= 15 is 0 Å². The van der Waals surface area contributed by atoms with Crippen molar-refractivity contribution in [3.8, 4) is 0 Å². The molecule has 0 fully saturated rings. The lowest BCUT2D eigenvalue weighted by Gasteiger charge is -2.20. The maximum atomic E-state index is 12.3. The van der Waals surface area contributed by atoms with E-state index in [9.17, 15) is 9.59 Å². The third-order valence-corrected chi connectivity index (χ3v) is 3.98. The molecule has 2 amide bonds. The summed E-state index contributed by atoms with van der Waals surface area (Å²) in [7, 11) is 0. The van der Waals surface area contributed by atoms with Gasteiger partial charge in [-0.1, -0.05) is 54.6 Å². The van der Waals surface area contributed by atoms with E-state index in [2.05, 4.69) is 41.8 Å². The lowest BCUT2D eigenvalue weighted by atomic mass is 9.86. The Balaban J connectivity index is 2.09. The molecule has 0 radical (unpaired) electrons. The molecule has 0 bridgehead atoms. The Labute approximate surface area is 143 Å². The van der Waals surface area contributed by atoms with Gasteiger partial charge in [-0.2, -0.15) is 0 Å². The fourth-order valence-corrected chi connectivity index (χ4v) is 2.77. The van der Waals surface area contributed by atoms with Crippen LogP contribution in [0.4, 0.5) is 0 Å². The van der Waals surface area contributed by atoms with E-state index in [0.29, 0.717) is 19.5 Å². The summed E-state index contributed by atoms with van der Waals surface area (Å²) >= 11 is 0. The van der Waals surface area contributed by atoms with E-state index < -0.39 is 0 Å². The average molecular weight is 324 g/mol. The van der Waals surface area contributed by atoms with Gasteiger partial charge in [0.1, 0.15) is 0 Å². The van der Waals surface area contributed by atoms with Crippen LogP contribution in [0, 0.1) is 6.92 Å². The van der Waals surface area contributed by atoms with E-state index in [0.717, 1.165) is 5.56 Å². The summed E-state index contributed by atoms with van der Waals surface area (Å²) in [6, 6.07) is 18.2. The molecule has 0 aliphatic heterocycles. The molecule has 2 rings (SSSR count). The molecule has 0 saturated heterocycles. The number of carbonyl (C=O) groups excluding carboxylic acids is 2. The monoisotopic (exact) mass is 324 g/mol. The van der Waals surface area contributed by atoms with Gasteiger partial charge in [0, 0.05) is 32.4 Å². The average Bonchev–Trinajstić information content (AvgIpc) is 2.58. The number of rotatable bonds is 7. The van der Waals surface area contributed by atoms with Gasteiger partial charge in [0.2, 0.25) is 11.8 Å². The second kappa shape index (κ2) is 8.87. The predicted molar refractivity (Wildman–Crippen MR) is 95.8 cm³/mol. The van der Waals surface area contributed by atoms with Crippen LogP contribution in [0.3, 0.4) is 0 Å². The molecule has 126 valence electrons. The lowest BCUT2D eigenvalue weighted by molar-refractivity contribution is -0.122. The Bertz CT molecular complexity index is 683. The maximum absolute atomic E-state index is 12.3. The van der Waals surface area contributed by atoms with Crippen LogP contribution >= 0.6 is 0 Å². The molecule has 1 atom stereocenters. The van der Waals surface area contributed by atoms with Crippen molar-refractivity contribution in [3.63, 3.8) is 0 Å². The van der Waals surface area contributed by atoms with E-state index in [1.165, 1.54) is 18.1 Å². The van der Waals surface area contributed by atoms with Gasteiger partial charge in [-0.15, -0.1) is 0 Å². The number of hydrogen-bond acceptors (Lipinski definition) is 2. The second-order valence-corrected chi connectivity index (χ2v) is 5.86. The van der Waals surface area contributed by atoms with Crippen molar-refractivity contribution < 1.29 is 9.59 Å². The quantitative estimate of drug-likeness (QED) is 0.770. The summed E-state index contributed by atoms with van der Waals surface area (Å²) in [5.74, 6) is -0.0862. The molecule has 1 unspecified atom stereocenters. The third-order valence-electron chi connectivity index (χ3n) is 3.98. The highest BCUT2D eigenvalue weighted by molar-refractivity contribution is 5.78. The molecule has 0 aliphatic rings. The zero-order valence-electron chi connectivity index (χ0n) is 14.2. The van der Waals surface area contributed by atoms with Crippen LogP contribution in [0.2, 0.25) is 0 Å². The Hall–Kier alpha value is -2.62. The van der Waals surface area contributed by atoms with Crippen molar-refractivity contribution in [2.45, 2.75) is 26.2 Å². The molecule has 2 aromatic carbocycles. The maximum Gasteiger partial charge on any atom is 0.221 e. The van der Waals surface area contributed by atoms with Crippen LogP contribution in [0.25, 0.3) is 0 Å². The highest BCUT2D eigenvalue weighted by atomic mass is 16.2. The Morgan fingerprint density at radius 1 is 0.917 bits per heavy atom. The fourth-order valence-electron chi connectivity index (χ4n) is 2.77. The SMILES string of the molecule is CC(=O)NCCNC(=O)CC(c1ccccc1)c1ccccc1C. The summed E-state index contributed by atoms with van der Waals surface area (Å²) in [5, 5.41) is 5.55. The minimum atomic E-state index is -0.0914. The first kappa shape index (κ1) is 17.7. The van der Waals surface area contributed by atoms with E-state index in [1.54, 1.807) is 0 Å². The summed E-state index contributed by atoms with van der Waals surface area (Å²) < 4.78 is 0. The highest BCUT2D eigenvalue weighted by Crippen LogP contribution is 2.30. The van der Waals surface area contributed by atoms with Gasteiger partial charge in [0.25, 0.3) is 0 Å². The molecule has 0 aromatic heterocycles. The topological polar surface area (TPSA) is 58.2 Å². The normalized spacial score (nSPS) is 11.6. The van der Waals surface area contributed by atoms with E-state index in [-0.39, 0.29) is 17.7 Å². The minimum absolute atomic E-state index is 0.0162. The molecule has 4 nitrogen and oxygen atoms in total. The number of amides is 2. The first-order valence-electron chi connectivity index (χ1n) is 8.19.